The lowest BCUT2D eigenvalue weighted by molar-refractivity contribution is 0.599. The van der Waals surface area contributed by atoms with Crippen LogP contribution in [0.3, 0.4) is 0 Å². The van der Waals surface area contributed by atoms with Gasteiger partial charge in [0.15, 0.2) is 0 Å². The van der Waals surface area contributed by atoms with Crippen molar-refractivity contribution in [2.75, 3.05) is 40.5 Å². The summed E-state index contributed by atoms with van der Waals surface area (Å²) in [6.45, 7) is 7.05. The molecule has 0 amide bonds. The molecule has 1 saturated heterocycles. The SMILES string of the molecule is Cc1ccc(S(=O)(=O)Nc2ccc(N3CCCNCC3)cc2NS(=O)(=O)c2ccc(C)cc2)cc1. The molecule has 3 aromatic carbocycles. The molecule has 3 N–H and O–H groups in total. The van der Waals surface area contributed by atoms with Crippen LogP contribution in [-0.2, 0) is 20.0 Å². The summed E-state index contributed by atoms with van der Waals surface area (Å²) in [6, 6.07) is 18.1. The molecule has 10 heteroatoms. The number of aryl methyl sites for hydroxylation is 2. The highest BCUT2D eigenvalue weighted by molar-refractivity contribution is 7.93. The van der Waals surface area contributed by atoms with Gasteiger partial charge >= 0.3 is 0 Å². The Kier molecular flexibility index (Phi) is 7.34. The standard InChI is InChI=1S/C25H30N4O4S2/c1-19-4-9-22(10-5-19)34(30,31)27-24-13-8-21(29-16-3-14-26-15-17-29)18-25(24)28-35(32,33)23-11-6-20(2)7-12-23/h4-13,18,26-28H,3,14-17H2,1-2H3. The van der Waals surface area contributed by atoms with E-state index in [9.17, 15) is 16.8 Å². The molecule has 4 rings (SSSR count). The van der Waals surface area contributed by atoms with Crippen LogP contribution >= 0.6 is 0 Å². The van der Waals surface area contributed by atoms with Gasteiger partial charge in [0.05, 0.1) is 21.2 Å². The predicted octanol–water partition coefficient (Wildman–Crippen LogP) is 3.70. The zero-order valence-corrected chi connectivity index (χ0v) is 21.4. The average Bonchev–Trinajstić information content (AvgIpc) is 3.10. The molecule has 1 aliphatic heterocycles. The normalized spacial score (nSPS) is 14.9. The van der Waals surface area contributed by atoms with E-state index in [-0.39, 0.29) is 21.2 Å². The first-order valence-electron chi connectivity index (χ1n) is 11.4. The van der Waals surface area contributed by atoms with Crippen LogP contribution in [0.5, 0.6) is 0 Å². The Balaban J connectivity index is 1.72. The molecular formula is C25H30N4O4S2. The quantitative estimate of drug-likeness (QED) is 0.444. The van der Waals surface area contributed by atoms with Gasteiger partial charge in [-0.25, -0.2) is 16.8 Å². The summed E-state index contributed by atoms with van der Waals surface area (Å²) >= 11 is 0. The van der Waals surface area contributed by atoms with Crippen LogP contribution in [0.1, 0.15) is 17.5 Å². The number of benzene rings is 3. The molecule has 3 aromatic rings. The van der Waals surface area contributed by atoms with Gasteiger partial charge in [-0.1, -0.05) is 35.4 Å². The van der Waals surface area contributed by atoms with Crippen molar-refractivity contribution in [2.45, 2.75) is 30.1 Å². The van der Waals surface area contributed by atoms with E-state index in [1.54, 1.807) is 36.4 Å². The lowest BCUT2D eigenvalue weighted by atomic mass is 10.2. The maximum Gasteiger partial charge on any atom is 0.261 e. The van der Waals surface area contributed by atoms with Crippen molar-refractivity contribution in [1.29, 1.82) is 0 Å². The number of sulfonamides is 2. The second-order valence-corrected chi connectivity index (χ2v) is 12.0. The number of nitrogens with one attached hydrogen (secondary N) is 3. The third-order valence-corrected chi connectivity index (χ3v) is 8.62. The number of hydrogen-bond donors (Lipinski definition) is 3. The topological polar surface area (TPSA) is 108 Å². The fourth-order valence-corrected chi connectivity index (χ4v) is 6.00. The first-order chi connectivity index (χ1) is 16.6. The largest absolute Gasteiger partial charge is 0.370 e. The molecule has 0 radical (unpaired) electrons. The van der Waals surface area contributed by atoms with Gasteiger partial charge in [0.25, 0.3) is 20.0 Å². The van der Waals surface area contributed by atoms with Gasteiger partial charge in [0.2, 0.25) is 0 Å². The van der Waals surface area contributed by atoms with Crippen LogP contribution in [0.15, 0.2) is 76.5 Å². The first kappa shape index (κ1) is 25.0. The smallest absolute Gasteiger partial charge is 0.261 e. The molecule has 0 atom stereocenters. The fraction of sp³-hybridized carbons (Fsp3) is 0.280. The zero-order chi connectivity index (χ0) is 25.1. The van der Waals surface area contributed by atoms with Crippen molar-refractivity contribution < 1.29 is 16.8 Å². The third kappa shape index (κ3) is 6.14. The molecule has 0 unspecified atom stereocenters. The Hall–Kier alpha value is -3.08. The molecule has 1 aliphatic rings. The fourth-order valence-electron chi connectivity index (χ4n) is 3.85. The number of hydrogen-bond acceptors (Lipinski definition) is 6. The Labute approximate surface area is 207 Å². The van der Waals surface area contributed by atoms with Gasteiger partial charge in [-0.3, -0.25) is 9.44 Å². The van der Waals surface area contributed by atoms with Crippen LogP contribution in [0.2, 0.25) is 0 Å². The summed E-state index contributed by atoms with van der Waals surface area (Å²) in [5.41, 5.74) is 3.00. The van der Waals surface area contributed by atoms with Gasteiger partial charge in [-0.05, 0) is 69.3 Å². The predicted molar refractivity (Wildman–Crippen MR) is 140 cm³/mol. The number of nitrogens with zero attached hydrogens (tertiary/aromatic N) is 1. The molecule has 0 bridgehead atoms. The van der Waals surface area contributed by atoms with Crippen molar-refractivity contribution in [3.05, 3.63) is 77.9 Å². The van der Waals surface area contributed by atoms with Crippen LogP contribution in [-0.4, -0.2) is 43.0 Å². The minimum absolute atomic E-state index is 0.0955. The molecule has 8 nitrogen and oxygen atoms in total. The first-order valence-corrected chi connectivity index (χ1v) is 14.4. The highest BCUT2D eigenvalue weighted by Gasteiger charge is 2.21. The second-order valence-electron chi connectivity index (χ2n) is 8.66. The molecule has 186 valence electrons. The average molecular weight is 515 g/mol. The monoisotopic (exact) mass is 514 g/mol. The minimum atomic E-state index is -3.95. The summed E-state index contributed by atoms with van der Waals surface area (Å²) in [5.74, 6) is 0. The summed E-state index contributed by atoms with van der Waals surface area (Å²) in [7, 11) is -7.88. The summed E-state index contributed by atoms with van der Waals surface area (Å²) in [5, 5.41) is 3.35. The van der Waals surface area contributed by atoms with Gasteiger partial charge in [0.1, 0.15) is 0 Å². The van der Waals surface area contributed by atoms with Crippen LogP contribution in [0.25, 0.3) is 0 Å². The Bertz CT molecular complexity index is 1380. The van der Waals surface area contributed by atoms with Crippen molar-refractivity contribution in [3.63, 3.8) is 0 Å². The van der Waals surface area contributed by atoms with Crippen molar-refractivity contribution in [2.24, 2.45) is 0 Å². The molecule has 0 aromatic heterocycles. The highest BCUT2D eigenvalue weighted by atomic mass is 32.2. The van der Waals surface area contributed by atoms with Crippen LogP contribution in [0.4, 0.5) is 17.1 Å². The Morgan fingerprint density at radius 1 is 0.686 bits per heavy atom. The van der Waals surface area contributed by atoms with E-state index >= 15 is 0 Å². The maximum absolute atomic E-state index is 13.2. The molecular weight excluding hydrogens is 484 g/mol. The van der Waals surface area contributed by atoms with Crippen molar-refractivity contribution >= 4 is 37.1 Å². The molecule has 0 saturated carbocycles. The van der Waals surface area contributed by atoms with Gasteiger partial charge < -0.3 is 10.2 Å². The lowest BCUT2D eigenvalue weighted by Crippen LogP contribution is -2.28. The van der Waals surface area contributed by atoms with Gasteiger partial charge in [-0.15, -0.1) is 0 Å². The third-order valence-electron chi connectivity index (χ3n) is 5.86. The van der Waals surface area contributed by atoms with E-state index in [2.05, 4.69) is 19.7 Å². The molecule has 1 heterocycles. The van der Waals surface area contributed by atoms with E-state index < -0.39 is 20.0 Å². The minimum Gasteiger partial charge on any atom is -0.370 e. The van der Waals surface area contributed by atoms with E-state index in [0.29, 0.717) is 0 Å². The van der Waals surface area contributed by atoms with E-state index in [1.165, 1.54) is 24.3 Å². The summed E-state index contributed by atoms with van der Waals surface area (Å²) in [6.07, 6.45) is 0.951. The highest BCUT2D eigenvalue weighted by Crippen LogP contribution is 2.32. The van der Waals surface area contributed by atoms with E-state index in [1.807, 2.05) is 19.9 Å². The Morgan fingerprint density at radius 3 is 1.80 bits per heavy atom. The van der Waals surface area contributed by atoms with Gasteiger partial charge in [-0.2, -0.15) is 0 Å². The van der Waals surface area contributed by atoms with E-state index in [0.717, 1.165) is 49.4 Å². The maximum atomic E-state index is 13.2. The van der Waals surface area contributed by atoms with Gasteiger partial charge in [0, 0.05) is 25.3 Å². The van der Waals surface area contributed by atoms with Crippen molar-refractivity contribution in [3.8, 4) is 0 Å². The molecule has 0 spiro atoms. The molecule has 0 aliphatic carbocycles. The zero-order valence-electron chi connectivity index (χ0n) is 19.8. The summed E-state index contributed by atoms with van der Waals surface area (Å²) in [4.78, 5) is 2.35. The van der Waals surface area contributed by atoms with Crippen LogP contribution in [0, 0.1) is 13.8 Å². The van der Waals surface area contributed by atoms with E-state index in [4.69, 9.17) is 0 Å². The van der Waals surface area contributed by atoms with Crippen LogP contribution < -0.4 is 19.7 Å². The summed E-state index contributed by atoms with van der Waals surface area (Å²) < 4.78 is 57.6. The molecule has 1 fully saturated rings. The second kappa shape index (κ2) is 10.3. The Morgan fingerprint density at radius 2 is 1.23 bits per heavy atom. The lowest BCUT2D eigenvalue weighted by Gasteiger charge is -2.24. The van der Waals surface area contributed by atoms with Crippen molar-refractivity contribution in [1.82, 2.24) is 5.32 Å². The number of anilines is 3. The number of rotatable bonds is 7. The molecule has 35 heavy (non-hydrogen) atoms.